The average Bonchev–Trinajstić information content (AvgIpc) is 2.45. The zero-order valence-electron chi connectivity index (χ0n) is 11.5. The standard InChI is InChI=1S/C15H20O5/c1-19-14-12(16)7-8-13(17)15(14,18)10-20-9-11-5-3-2-4-6-11/h2-6,12,14,16,18H,7-10H2,1H3/t12-,14-,15+/m1/s1. The Bertz CT molecular complexity index is 447. The minimum atomic E-state index is -1.78. The maximum absolute atomic E-state index is 12.0. The van der Waals surface area contributed by atoms with Crippen LogP contribution in [0.3, 0.4) is 0 Å². The van der Waals surface area contributed by atoms with Crippen molar-refractivity contribution >= 4 is 5.78 Å². The van der Waals surface area contributed by atoms with E-state index in [-0.39, 0.29) is 18.8 Å². The molecule has 0 saturated heterocycles. The van der Waals surface area contributed by atoms with Crippen LogP contribution >= 0.6 is 0 Å². The van der Waals surface area contributed by atoms with Crippen LogP contribution in [0.25, 0.3) is 0 Å². The number of rotatable bonds is 5. The van der Waals surface area contributed by atoms with Gasteiger partial charge < -0.3 is 19.7 Å². The molecule has 1 aromatic carbocycles. The summed E-state index contributed by atoms with van der Waals surface area (Å²) in [6.45, 7) is 0.110. The predicted octanol–water partition coefficient (Wildman–Crippen LogP) is 0.673. The molecule has 5 heteroatoms. The molecular formula is C15H20O5. The molecule has 2 N–H and O–H groups in total. The number of methoxy groups -OCH3 is 1. The number of hydrogen-bond acceptors (Lipinski definition) is 5. The summed E-state index contributed by atoms with van der Waals surface area (Å²) in [6.07, 6.45) is -1.37. The lowest BCUT2D eigenvalue weighted by atomic mass is 9.79. The molecule has 0 amide bonds. The number of carbonyl (C=O) groups excluding carboxylic acids is 1. The fraction of sp³-hybridized carbons (Fsp3) is 0.533. The molecular weight excluding hydrogens is 260 g/mol. The van der Waals surface area contributed by atoms with Crippen LogP contribution in [-0.2, 0) is 20.9 Å². The minimum absolute atomic E-state index is 0.131. The van der Waals surface area contributed by atoms with Gasteiger partial charge in [-0.05, 0) is 12.0 Å². The van der Waals surface area contributed by atoms with Crippen molar-refractivity contribution in [3.05, 3.63) is 35.9 Å². The molecule has 0 unspecified atom stereocenters. The predicted molar refractivity (Wildman–Crippen MR) is 72.1 cm³/mol. The molecule has 0 radical (unpaired) electrons. The quantitative estimate of drug-likeness (QED) is 0.829. The van der Waals surface area contributed by atoms with E-state index in [0.717, 1.165) is 5.56 Å². The average molecular weight is 280 g/mol. The Morgan fingerprint density at radius 2 is 2.05 bits per heavy atom. The first kappa shape index (κ1) is 15.1. The van der Waals surface area contributed by atoms with E-state index in [9.17, 15) is 15.0 Å². The fourth-order valence-electron chi connectivity index (χ4n) is 2.54. The highest BCUT2D eigenvalue weighted by atomic mass is 16.5. The van der Waals surface area contributed by atoms with Gasteiger partial charge in [-0.25, -0.2) is 0 Å². The number of aliphatic hydroxyl groups excluding tert-OH is 1. The first-order chi connectivity index (χ1) is 9.58. The van der Waals surface area contributed by atoms with Crippen LogP contribution in [0.4, 0.5) is 0 Å². The monoisotopic (exact) mass is 280 g/mol. The molecule has 0 bridgehead atoms. The highest BCUT2D eigenvalue weighted by Crippen LogP contribution is 2.28. The maximum atomic E-state index is 12.0. The van der Waals surface area contributed by atoms with E-state index in [0.29, 0.717) is 13.0 Å². The van der Waals surface area contributed by atoms with Crippen molar-refractivity contribution in [3.8, 4) is 0 Å². The molecule has 2 rings (SSSR count). The highest BCUT2D eigenvalue weighted by molar-refractivity contribution is 5.89. The Balaban J connectivity index is 1.99. The van der Waals surface area contributed by atoms with Gasteiger partial charge in [0.25, 0.3) is 0 Å². The van der Waals surface area contributed by atoms with Crippen molar-refractivity contribution < 1.29 is 24.5 Å². The number of aliphatic hydroxyl groups is 2. The SMILES string of the molecule is CO[C@@H]1[C@H](O)CCC(=O)[C@@]1(O)COCc1ccccc1. The number of ketones is 1. The lowest BCUT2D eigenvalue weighted by molar-refractivity contribution is -0.193. The smallest absolute Gasteiger partial charge is 0.174 e. The van der Waals surface area contributed by atoms with E-state index >= 15 is 0 Å². The molecule has 1 aliphatic rings. The molecule has 1 fully saturated rings. The summed E-state index contributed by atoms with van der Waals surface area (Å²) in [7, 11) is 1.37. The van der Waals surface area contributed by atoms with Gasteiger partial charge in [-0.2, -0.15) is 0 Å². The molecule has 1 aliphatic carbocycles. The molecule has 0 heterocycles. The normalized spacial score (nSPS) is 30.4. The van der Waals surface area contributed by atoms with E-state index in [1.807, 2.05) is 30.3 Å². The summed E-state index contributed by atoms with van der Waals surface area (Å²) in [6, 6.07) is 9.48. The van der Waals surface area contributed by atoms with Crippen molar-refractivity contribution in [2.45, 2.75) is 37.3 Å². The Morgan fingerprint density at radius 1 is 1.35 bits per heavy atom. The molecule has 0 aromatic heterocycles. The Kier molecular flexibility index (Phi) is 4.88. The summed E-state index contributed by atoms with van der Waals surface area (Å²) in [5.74, 6) is -0.345. The van der Waals surface area contributed by atoms with Gasteiger partial charge in [0.05, 0.1) is 19.3 Å². The van der Waals surface area contributed by atoms with E-state index in [2.05, 4.69) is 0 Å². The van der Waals surface area contributed by atoms with Crippen LogP contribution in [0.15, 0.2) is 30.3 Å². The van der Waals surface area contributed by atoms with Gasteiger partial charge >= 0.3 is 0 Å². The van der Waals surface area contributed by atoms with E-state index < -0.39 is 17.8 Å². The summed E-state index contributed by atoms with van der Waals surface area (Å²) in [4.78, 5) is 12.0. The third kappa shape index (κ3) is 3.07. The Labute approximate surface area is 118 Å². The van der Waals surface area contributed by atoms with Crippen molar-refractivity contribution in [1.82, 2.24) is 0 Å². The van der Waals surface area contributed by atoms with Crippen molar-refractivity contribution in [1.29, 1.82) is 0 Å². The van der Waals surface area contributed by atoms with Gasteiger partial charge in [-0.15, -0.1) is 0 Å². The van der Waals surface area contributed by atoms with Crippen molar-refractivity contribution in [3.63, 3.8) is 0 Å². The minimum Gasteiger partial charge on any atom is -0.390 e. The van der Waals surface area contributed by atoms with Crippen LogP contribution < -0.4 is 0 Å². The maximum Gasteiger partial charge on any atom is 0.174 e. The first-order valence-electron chi connectivity index (χ1n) is 6.66. The van der Waals surface area contributed by atoms with E-state index in [4.69, 9.17) is 9.47 Å². The molecule has 110 valence electrons. The van der Waals surface area contributed by atoms with Crippen molar-refractivity contribution in [2.75, 3.05) is 13.7 Å². The topological polar surface area (TPSA) is 76.0 Å². The number of Topliss-reactive ketones (excluding diaryl/α,β-unsaturated/α-hetero) is 1. The molecule has 1 saturated carbocycles. The van der Waals surface area contributed by atoms with Gasteiger partial charge in [0.2, 0.25) is 0 Å². The van der Waals surface area contributed by atoms with Gasteiger partial charge in [0, 0.05) is 13.5 Å². The van der Waals surface area contributed by atoms with Gasteiger partial charge in [0.1, 0.15) is 6.10 Å². The molecule has 20 heavy (non-hydrogen) atoms. The van der Waals surface area contributed by atoms with Gasteiger partial charge in [-0.1, -0.05) is 30.3 Å². The zero-order chi connectivity index (χ0) is 14.6. The third-order valence-corrected chi connectivity index (χ3v) is 3.66. The largest absolute Gasteiger partial charge is 0.390 e. The van der Waals surface area contributed by atoms with E-state index in [1.54, 1.807) is 0 Å². The lowest BCUT2D eigenvalue weighted by Gasteiger charge is -2.40. The van der Waals surface area contributed by atoms with Crippen LogP contribution in [-0.4, -0.2) is 47.5 Å². The Hall–Kier alpha value is -1.27. The number of ether oxygens (including phenoxy) is 2. The molecule has 1 aromatic rings. The molecule has 5 nitrogen and oxygen atoms in total. The van der Waals surface area contributed by atoms with Crippen LogP contribution in [0.1, 0.15) is 18.4 Å². The molecule has 3 atom stereocenters. The second kappa shape index (κ2) is 6.45. The van der Waals surface area contributed by atoms with Crippen LogP contribution in [0.5, 0.6) is 0 Å². The van der Waals surface area contributed by atoms with E-state index in [1.165, 1.54) is 7.11 Å². The van der Waals surface area contributed by atoms with Crippen LogP contribution in [0, 0.1) is 0 Å². The second-order valence-electron chi connectivity index (χ2n) is 5.09. The summed E-state index contributed by atoms with van der Waals surface area (Å²) in [5.41, 5.74) is -0.824. The zero-order valence-corrected chi connectivity index (χ0v) is 11.5. The summed E-state index contributed by atoms with van der Waals surface area (Å²) >= 11 is 0. The van der Waals surface area contributed by atoms with Gasteiger partial charge in [-0.3, -0.25) is 4.79 Å². The summed E-state index contributed by atoms with van der Waals surface area (Å²) in [5, 5.41) is 20.3. The molecule has 0 spiro atoms. The van der Waals surface area contributed by atoms with Crippen LogP contribution in [0.2, 0.25) is 0 Å². The summed E-state index contributed by atoms with van der Waals surface area (Å²) < 4.78 is 10.5. The number of hydrogen-bond donors (Lipinski definition) is 2. The Morgan fingerprint density at radius 3 is 2.70 bits per heavy atom. The molecule has 0 aliphatic heterocycles. The highest BCUT2D eigenvalue weighted by Gasteiger charge is 2.50. The number of benzene rings is 1. The van der Waals surface area contributed by atoms with Gasteiger partial charge in [0.15, 0.2) is 11.4 Å². The van der Waals surface area contributed by atoms with Crippen molar-refractivity contribution in [2.24, 2.45) is 0 Å². The third-order valence-electron chi connectivity index (χ3n) is 3.66. The fourth-order valence-corrected chi connectivity index (χ4v) is 2.54. The second-order valence-corrected chi connectivity index (χ2v) is 5.09. The lowest BCUT2D eigenvalue weighted by Crippen LogP contribution is -2.61. The first-order valence-corrected chi connectivity index (χ1v) is 6.66. The number of carbonyl (C=O) groups is 1.